The van der Waals surface area contributed by atoms with Gasteiger partial charge < -0.3 is 10.1 Å². The number of carbonyl (C=O) groups excluding carboxylic acids is 2. The van der Waals surface area contributed by atoms with E-state index in [-0.39, 0.29) is 22.8 Å². The fraction of sp³-hybridized carbons (Fsp3) is 0.136. The van der Waals surface area contributed by atoms with Gasteiger partial charge in [-0.3, -0.25) is 29.1 Å². The summed E-state index contributed by atoms with van der Waals surface area (Å²) in [5.41, 5.74) is -0.292. The van der Waals surface area contributed by atoms with Crippen LogP contribution in [0.4, 0.5) is 5.69 Å². The van der Waals surface area contributed by atoms with Crippen molar-refractivity contribution in [3.8, 4) is 5.75 Å². The number of nitro benzene ring substituents is 1. The van der Waals surface area contributed by atoms with Gasteiger partial charge in [0.1, 0.15) is 5.75 Å². The molecule has 1 N–H and O–H groups in total. The molecule has 3 rings (SSSR count). The van der Waals surface area contributed by atoms with E-state index >= 15 is 0 Å². The number of Topliss-reactive ketones (excluding diaryl/α,β-unsaturated/α-hetero) is 1. The Kier molecular flexibility index (Phi) is 7.01. The minimum absolute atomic E-state index is 0.0802. The van der Waals surface area contributed by atoms with Crippen LogP contribution < -0.4 is 15.6 Å². The zero-order chi connectivity index (χ0) is 23.3. The number of hydrogen-bond acceptors (Lipinski definition) is 6. The van der Waals surface area contributed by atoms with E-state index in [4.69, 9.17) is 16.3 Å². The van der Waals surface area contributed by atoms with Gasteiger partial charge in [-0.1, -0.05) is 35.9 Å². The number of rotatable bonds is 8. The highest BCUT2D eigenvalue weighted by molar-refractivity contribution is 6.30. The number of non-ortho nitro benzene ring substituents is 1. The van der Waals surface area contributed by atoms with Crippen molar-refractivity contribution in [3.05, 3.63) is 103 Å². The lowest BCUT2D eigenvalue weighted by Crippen LogP contribution is -2.41. The molecular formula is C22H18ClN3O6. The second kappa shape index (κ2) is 9.88. The second-order valence-electron chi connectivity index (χ2n) is 6.73. The summed E-state index contributed by atoms with van der Waals surface area (Å²) in [6.07, 6.45) is 1.18. The summed E-state index contributed by atoms with van der Waals surface area (Å²) in [4.78, 5) is 49.1. The first-order valence-electron chi connectivity index (χ1n) is 9.37. The predicted octanol–water partition coefficient (Wildman–Crippen LogP) is 3.16. The Labute approximate surface area is 187 Å². The monoisotopic (exact) mass is 455 g/mol. The molecule has 1 aromatic heterocycles. The molecule has 0 aliphatic carbocycles. The number of aromatic nitrogens is 1. The molecule has 1 amide bonds. The van der Waals surface area contributed by atoms with Crippen molar-refractivity contribution in [3.63, 3.8) is 0 Å². The maximum atomic E-state index is 13.2. The van der Waals surface area contributed by atoms with E-state index in [1.807, 2.05) is 0 Å². The van der Waals surface area contributed by atoms with Gasteiger partial charge in [0, 0.05) is 36.5 Å². The molecule has 1 atom stereocenters. The Morgan fingerprint density at radius 3 is 2.53 bits per heavy atom. The smallest absolute Gasteiger partial charge is 0.270 e. The van der Waals surface area contributed by atoms with E-state index < -0.39 is 28.2 Å². The third-order valence-electron chi connectivity index (χ3n) is 4.64. The van der Waals surface area contributed by atoms with Crippen LogP contribution in [0.25, 0.3) is 0 Å². The molecule has 2 aromatic carbocycles. The number of ketones is 1. The van der Waals surface area contributed by atoms with E-state index in [0.29, 0.717) is 5.75 Å². The molecule has 1 unspecified atom stereocenters. The summed E-state index contributed by atoms with van der Waals surface area (Å²) in [5.74, 6) is -0.906. The molecule has 3 aromatic rings. The SMILES string of the molecule is COc1ccc(CNC(=O)C(C(=O)c2cccc([N+](=O)[O-])c2)n2cc(Cl)ccc2=O)cc1. The fourth-order valence-electron chi connectivity index (χ4n) is 3.01. The first kappa shape index (κ1) is 22.7. The molecule has 164 valence electrons. The van der Waals surface area contributed by atoms with Crippen LogP contribution in [0, 0.1) is 10.1 Å². The Bertz CT molecular complexity index is 1220. The molecule has 0 aliphatic rings. The third-order valence-corrected chi connectivity index (χ3v) is 4.87. The number of halogens is 1. The zero-order valence-electron chi connectivity index (χ0n) is 16.9. The zero-order valence-corrected chi connectivity index (χ0v) is 17.6. The molecular weight excluding hydrogens is 438 g/mol. The lowest BCUT2D eigenvalue weighted by Gasteiger charge is -2.19. The normalized spacial score (nSPS) is 11.4. The fourth-order valence-corrected chi connectivity index (χ4v) is 3.18. The van der Waals surface area contributed by atoms with Gasteiger partial charge in [0.2, 0.25) is 0 Å². The quantitative estimate of drug-likeness (QED) is 0.241. The van der Waals surface area contributed by atoms with E-state index in [1.165, 1.54) is 37.6 Å². The van der Waals surface area contributed by atoms with Crippen LogP contribution in [-0.4, -0.2) is 28.3 Å². The highest BCUT2D eigenvalue weighted by atomic mass is 35.5. The number of nitrogens with zero attached hydrogens (tertiary/aromatic N) is 2. The van der Waals surface area contributed by atoms with Crippen molar-refractivity contribution in [2.24, 2.45) is 0 Å². The van der Waals surface area contributed by atoms with Gasteiger partial charge in [0.15, 0.2) is 11.8 Å². The van der Waals surface area contributed by atoms with Crippen molar-refractivity contribution in [2.45, 2.75) is 12.6 Å². The van der Waals surface area contributed by atoms with Crippen LogP contribution in [0.1, 0.15) is 22.0 Å². The van der Waals surface area contributed by atoms with Gasteiger partial charge in [0.25, 0.3) is 17.2 Å². The summed E-state index contributed by atoms with van der Waals surface area (Å²) in [5, 5.41) is 13.9. The molecule has 0 saturated heterocycles. The molecule has 32 heavy (non-hydrogen) atoms. The molecule has 0 fully saturated rings. The molecule has 0 aliphatic heterocycles. The average molecular weight is 456 g/mol. The van der Waals surface area contributed by atoms with Crippen LogP contribution >= 0.6 is 11.6 Å². The Morgan fingerprint density at radius 1 is 1.16 bits per heavy atom. The summed E-state index contributed by atoms with van der Waals surface area (Å²) >= 11 is 5.98. The molecule has 9 nitrogen and oxygen atoms in total. The third kappa shape index (κ3) is 5.19. The largest absolute Gasteiger partial charge is 0.497 e. The van der Waals surface area contributed by atoms with Gasteiger partial charge in [-0.2, -0.15) is 0 Å². The number of hydrogen-bond donors (Lipinski definition) is 1. The standard InChI is InChI=1S/C22H18ClN3O6/c1-32-18-8-5-14(6-9-18)12-24-22(29)20(25-13-16(23)7-10-19(25)27)21(28)15-3-2-4-17(11-15)26(30)31/h2-11,13,20H,12H2,1H3,(H,24,29). The molecule has 10 heteroatoms. The molecule has 0 radical (unpaired) electrons. The van der Waals surface area contributed by atoms with Crippen LogP contribution in [0.2, 0.25) is 5.02 Å². The van der Waals surface area contributed by atoms with E-state index in [9.17, 15) is 24.5 Å². The van der Waals surface area contributed by atoms with Gasteiger partial charge in [-0.15, -0.1) is 0 Å². The first-order valence-corrected chi connectivity index (χ1v) is 9.75. The van der Waals surface area contributed by atoms with E-state index in [1.54, 1.807) is 24.3 Å². The van der Waals surface area contributed by atoms with E-state index in [0.717, 1.165) is 22.3 Å². The molecule has 1 heterocycles. The number of nitro groups is 1. The minimum Gasteiger partial charge on any atom is -0.497 e. The highest BCUT2D eigenvalue weighted by Crippen LogP contribution is 2.20. The van der Waals surface area contributed by atoms with Gasteiger partial charge in [0.05, 0.1) is 17.1 Å². The summed E-state index contributed by atoms with van der Waals surface area (Å²) in [7, 11) is 1.53. The summed E-state index contributed by atoms with van der Waals surface area (Å²) in [6.45, 7) is 0.0802. The van der Waals surface area contributed by atoms with Gasteiger partial charge in [-0.05, 0) is 23.8 Å². The highest BCUT2D eigenvalue weighted by Gasteiger charge is 2.31. The van der Waals surface area contributed by atoms with Crippen molar-refractivity contribution >= 4 is 29.0 Å². The van der Waals surface area contributed by atoms with Crippen molar-refractivity contribution in [2.75, 3.05) is 7.11 Å². The number of amides is 1. The number of benzene rings is 2. The Hall–Kier alpha value is -3.98. The summed E-state index contributed by atoms with van der Waals surface area (Å²) in [6, 6.07) is 12.7. The second-order valence-corrected chi connectivity index (χ2v) is 7.17. The Balaban J connectivity index is 1.94. The molecule has 0 saturated carbocycles. The van der Waals surface area contributed by atoms with Crippen molar-refractivity contribution in [1.82, 2.24) is 9.88 Å². The number of ether oxygens (including phenoxy) is 1. The number of pyridine rings is 1. The number of carbonyl (C=O) groups is 2. The van der Waals surface area contributed by atoms with Crippen molar-refractivity contribution in [1.29, 1.82) is 0 Å². The predicted molar refractivity (Wildman–Crippen MR) is 117 cm³/mol. The van der Waals surface area contributed by atoms with Crippen LogP contribution in [0.5, 0.6) is 5.75 Å². The van der Waals surface area contributed by atoms with E-state index in [2.05, 4.69) is 5.32 Å². The lowest BCUT2D eigenvalue weighted by molar-refractivity contribution is -0.384. The number of nitrogens with one attached hydrogen (secondary N) is 1. The topological polar surface area (TPSA) is 121 Å². The first-order chi connectivity index (χ1) is 15.3. The molecule has 0 spiro atoms. The maximum Gasteiger partial charge on any atom is 0.270 e. The van der Waals surface area contributed by atoms with Gasteiger partial charge >= 0.3 is 0 Å². The van der Waals surface area contributed by atoms with Crippen LogP contribution in [-0.2, 0) is 11.3 Å². The molecule has 0 bridgehead atoms. The maximum absolute atomic E-state index is 13.2. The van der Waals surface area contributed by atoms with Crippen molar-refractivity contribution < 1.29 is 19.2 Å². The van der Waals surface area contributed by atoms with Gasteiger partial charge in [-0.25, -0.2) is 0 Å². The van der Waals surface area contributed by atoms with Crippen LogP contribution in [0.15, 0.2) is 71.7 Å². The Morgan fingerprint density at radius 2 is 1.88 bits per heavy atom. The van der Waals surface area contributed by atoms with Crippen LogP contribution in [0.3, 0.4) is 0 Å². The average Bonchev–Trinajstić information content (AvgIpc) is 2.80. The summed E-state index contributed by atoms with van der Waals surface area (Å²) < 4.78 is 6.00. The minimum atomic E-state index is -1.61. The lowest BCUT2D eigenvalue weighted by atomic mass is 10.0. The number of methoxy groups -OCH3 is 1.